The summed E-state index contributed by atoms with van der Waals surface area (Å²) in [7, 11) is 0. The highest BCUT2D eigenvalue weighted by Crippen LogP contribution is 2.34. The zero-order chi connectivity index (χ0) is 19.1. The van der Waals surface area contributed by atoms with Gasteiger partial charge in [-0.3, -0.25) is 14.5 Å². The molecule has 2 aromatic rings. The molecule has 1 N–H and O–H groups in total. The highest BCUT2D eigenvalue weighted by molar-refractivity contribution is 6.32. The van der Waals surface area contributed by atoms with Crippen molar-refractivity contribution in [2.24, 2.45) is 0 Å². The van der Waals surface area contributed by atoms with Crippen molar-refractivity contribution in [2.75, 3.05) is 6.54 Å². The number of ketones is 1. The van der Waals surface area contributed by atoms with Crippen molar-refractivity contribution in [2.45, 2.75) is 19.4 Å². The van der Waals surface area contributed by atoms with Crippen LogP contribution in [0.5, 0.6) is 0 Å². The topological polar surface area (TPSA) is 66.5 Å². The maximum atomic E-state index is 13.3. The third kappa shape index (κ3) is 3.08. The number of Topliss-reactive ketones (excluding diaryl/α,β-unsaturated/α-hetero) is 1. The van der Waals surface area contributed by atoms with E-state index in [0.717, 1.165) is 22.6 Å². The predicted molar refractivity (Wildman–Crippen MR) is 94.5 cm³/mol. The minimum Gasteiger partial charge on any atom is -0.319 e. The molecule has 1 heterocycles. The van der Waals surface area contributed by atoms with Crippen molar-refractivity contribution in [3.8, 4) is 0 Å². The fraction of sp³-hybridized carbons (Fsp3) is 0.211. The molecule has 0 aromatic heterocycles. The first kappa shape index (κ1) is 18.1. The lowest BCUT2D eigenvalue weighted by Crippen LogP contribution is -2.41. The van der Waals surface area contributed by atoms with Gasteiger partial charge in [0.2, 0.25) is 0 Å². The van der Waals surface area contributed by atoms with E-state index in [-0.39, 0.29) is 22.9 Å². The number of halogens is 2. The molecule has 2 aromatic carbocycles. The summed E-state index contributed by atoms with van der Waals surface area (Å²) in [6.07, 6.45) is 0. The van der Waals surface area contributed by atoms with E-state index in [4.69, 9.17) is 11.6 Å². The number of imide groups is 1. The molecule has 1 unspecified atom stereocenters. The molecule has 1 aliphatic rings. The Hall–Kier alpha value is -2.73. The number of urea groups is 1. The van der Waals surface area contributed by atoms with E-state index in [2.05, 4.69) is 5.32 Å². The van der Waals surface area contributed by atoms with E-state index < -0.39 is 23.3 Å². The molecule has 3 rings (SSSR count). The first-order valence-electron chi connectivity index (χ1n) is 7.92. The lowest BCUT2D eigenvalue weighted by molar-refractivity contribution is -0.130. The molecule has 7 heteroatoms. The third-order valence-corrected chi connectivity index (χ3v) is 4.73. The van der Waals surface area contributed by atoms with E-state index in [1.807, 2.05) is 6.92 Å². The molecular weight excluding hydrogens is 359 g/mol. The first-order valence-corrected chi connectivity index (χ1v) is 8.29. The van der Waals surface area contributed by atoms with Crippen LogP contribution < -0.4 is 5.32 Å². The number of hydrogen-bond acceptors (Lipinski definition) is 3. The number of rotatable bonds is 4. The second kappa shape index (κ2) is 6.53. The Labute approximate surface area is 154 Å². The van der Waals surface area contributed by atoms with Crippen molar-refractivity contribution in [3.63, 3.8) is 0 Å². The molecule has 1 atom stereocenters. The van der Waals surface area contributed by atoms with Crippen LogP contribution in [-0.4, -0.2) is 29.2 Å². The lowest BCUT2D eigenvalue weighted by atomic mass is 9.92. The van der Waals surface area contributed by atoms with Crippen LogP contribution in [-0.2, 0) is 10.3 Å². The quantitative estimate of drug-likeness (QED) is 0.658. The Morgan fingerprint density at radius 3 is 2.46 bits per heavy atom. The zero-order valence-electron chi connectivity index (χ0n) is 14.2. The van der Waals surface area contributed by atoms with Crippen LogP contribution in [0.3, 0.4) is 0 Å². The van der Waals surface area contributed by atoms with Gasteiger partial charge in [-0.25, -0.2) is 9.18 Å². The molecule has 3 amide bonds. The molecule has 26 heavy (non-hydrogen) atoms. The van der Waals surface area contributed by atoms with Crippen LogP contribution in [0.4, 0.5) is 9.18 Å². The maximum absolute atomic E-state index is 13.3. The summed E-state index contributed by atoms with van der Waals surface area (Å²) in [6, 6.07) is 9.73. The van der Waals surface area contributed by atoms with E-state index >= 15 is 0 Å². The third-order valence-electron chi connectivity index (χ3n) is 4.42. The van der Waals surface area contributed by atoms with E-state index in [0.29, 0.717) is 5.56 Å². The Bertz CT molecular complexity index is 914. The number of nitrogens with one attached hydrogen (secondary N) is 1. The van der Waals surface area contributed by atoms with Gasteiger partial charge in [-0.05, 0) is 26.0 Å². The van der Waals surface area contributed by atoms with Gasteiger partial charge < -0.3 is 5.32 Å². The van der Waals surface area contributed by atoms with Crippen LogP contribution in [0.25, 0.3) is 0 Å². The molecule has 5 nitrogen and oxygen atoms in total. The number of carbonyl (C=O) groups excluding carboxylic acids is 3. The minimum absolute atomic E-state index is 0.0212. The highest BCUT2D eigenvalue weighted by Gasteiger charge is 2.50. The summed E-state index contributed by atoms with van der Waals surface area (Å²) in [5.41, 5.74) is 0.207. The average molecular weight is 375 g/mol. The van der Waals surface area contributed by atoms with Gasteiger partial charge in [-0.15, -0.1) is 0 Å². The van der Waals surface area contributed by atoms with Gasteiger partial charge in [0.25, 0.3) is 5.91 Å². The molecule has 1 aliphatic heterocycles. The first-order chi connectivity index (χ1) is 12.2. The number of hydrogen-bond donors (Lipinski definition) is 1. The minimum atomic E-state index is -1.46. The molecule has 134 valence electrons. The standard InChI is InChI=1S/C19H16ClFN2O3/c1-11-3-5-12(6-4-11)16(24)10-23-17(25)19(2,22-18(23)26)14-8-7-13(21)9-15(14)20/h3-9H,10H2,1-2H3,(H,22,26). The predicted octanol–water partition coefficient (Wildman–Crippen LogP) is 3.44. The van der Waals surface area contributed by atoms with Gasteiger partial charge >= 0.3 is 6.03 Å². The van der Waals surface area contributed by atoms with Crippen molar-refractivity contribution in [3.05, 3.63) is 70.0 Å². The van der Waals surface area contributed by atoms with E-state index in [9.17, 15) is 18.8 Å². The summed E-state index contributed by atoms with van der Waals surface area (Å²) in [6.45, 7) is 2.98. The van der Waals surface area contributed by atoms with Crippen LogP contribution in [0.2, 0.25) is 5.02 Å². The fourth-order valence-corrected chi connectivity index (χ4v) is 3.25. The largest absolute Gasteiger partial charge is 0.325 e. The Kier molecular flexibility index (Phi) is 4.54. The van der Waals surface area contributed by atoms with Crippen molar-refractivity contribution < 1.29 is 18.8 Å². The molecule has 0 spiro atoms. The molecule has 0 radical (unpaired) electrons. The van der Waals surface area contributed by atoms with E-state index in [1.54, 1.807) is 24.3 Å². The molecule has 0 bridgehead atoms. The second-order valence-corrected chi connectivity index (χ2v) is 6.77. The summed E-state index contributed by atoms with van der Waals surface area (Å²) < 4.78 is 13.3. The lowest BCUT2D eigenvalue weighted by Gasteiger charge is -2.23. The summed E-state index contributed by atoms with van der Waals surface area (Å²) in [4.78, 5) is 38.4. The Morgan fingerprint density at radius 2 is 1.85 bits per heavy atom. The molecular formula is C19H16ClFN2O3. The van der Waals surface area contributed by atoms with Crippen molar-refractivity contribution >= 4 is 29.3 Å². The van der Waals surface area contributed by atoms with Crippen LogP contribution in [0.1, 0.15) is 28.4 Å². The van der Waals surface area contributed by atoms with Gasteiger partial charge in [0.05, 0.1) is 6.54 Å². The number of amides is 3. The summed E-state index contributed by atoms with van der Waals surface area (Å²) in [5, 5.41) is 2.57. The summed E-state index contributed by atoms with van der Waals surface area (Å²) >= 11 is 6.05. The monoisotopic (exact) mass is 374 g/mol. The van der Waals surface area contributed by atoms with Crippen LogP contribution in [0.15, 0.2) is 42.5 Å². The summed E-state index contributed by atoms with van der Waals surface area (Å²) in [5.74, 6) is -1.52. The van der Waals surface area contributed by atoms with E-state index in [1.165, 1.54) is 13.0 Å². The highest BCUT2D eigenvalue weighted by atomic mass is 35.5. The fourth-order valence-electron chi connectivity index (χ4n) is 2.89. The molecule has 0 saturated carbocycles. The SMILES string of the molecule is Cc1ccc(C(=O)CN2C(=O)NC(C)(c3ccc(F)cc3Cl)C2=O)cc1. The van der Waals surface area contributed by atoms with Gasteiger partial charge in [0, 0.05) is 16.1 Å². The maximum Gasteiger partial charge on any atom is 0.325 e. The van der Waals surface area contributed by atoms with Crippen molar-refractivity contribution in [1.82, 2.24) is 10.2 Å². The second-order valence-electron chi connectivity index (χ2n) is 6.36. The van der Waals surface area contributed by atoms with Gasteiger partial charge in [-0.2, -0.15) is 0 Å². The Balaban J connectivity index is 1.86. The number of aryl methyl sites for hydroxylation is 1. The molecule has 1 saturated heterocycles. The molecule has 0 aliphatic carbocycles. The smallest absolute Gasteiger partial charge is 0.319 e. The normalized spacial score (nSPS) is 19.6. The number of carbonyl (C=O) groups is 3. The van der Waals surface area contributed by atoms with Gasteiger partial charge in [-0.1, -0.05) is 47.5 Å². The number of benzene rings is 2. The van der Waals surface area contributed by atoms with Gasteiger partial charge in [0.15, 0.2) is 5.78 Å². The van der Waals surface area contributed by atoms with Crippen molar-refractivity contribution in [1.29, 1.82) is 0 Å². The Morgan fingerprint density at radius 1 is 1.19 bits per heavy atom. The molecule has 1 fully saturated rings. The number of nitrogens with zero attached hydrogens (tertiary/aromatic N) is 1. The van der Waals surface area contributed by atoms with Crippen LogP contribution >= 0.6 is 11.6 Å². The van der Waals surface area contributed by atoms with Crippen LogP contribution in [0, 0.1) is 12.7 Å². The average Bonchev–Trinajstić information content (AvgIpc) is 2.79. The van der Waals surface area contributed by atoms with Gasteiger partial charge in [0.1, 0.15) is 11.4 Å². The zero-order valence-corrected chi connectivity index (χ0v) is 14.9.